The molecule has 0 radical (unpaired) electrons. The Bertz CT molecular complexity index is 481. The summed E-state index contributed by atoms with van der Waals surface area (Å²) >= 11 is 0. The van der Waals surface area contributed by atoms with Crippen LogP contribution in [0.3, 0.4) is 0 Å². The van der Waals surface area contributed by atoms with Crippen molar-refractivity contribution in [2.45, 2.75) is 51.7 Å². The van der Waals surface area contributed by atoms with Gasteiger partial charge in [0.15, 0.2) is 0 Å². The van der Waals surface area contributed by atoms with Gasteiger partial charge in [-0.1, -0.05) is 6.07 Å². The molecule has 2 aliphatic rings. The summed E-state index contributed by atoms with van der Waals surface area (Å²) < 4.78 is 0. The number of rotatable bonds is 4. The van der Waals surface area contributed by atoms with Gasteiger partial charge >= 0.3 is 0 Å². The quantitative estimate of drug-likeness (QED) is 0.918. The molecule has 1 aliphatic carbocycles. The molecule has 0 amide bonds. The van der Waals surface area contributed by atoms with Crippen molar-refractivity contribution in [2.75, 3.05) is 31.6 Å². The summed E-state index contributed by atoms with van der Waals surface area (Å²) in [5.41, 5.74) is 4.26. The van der Waals surface area contributed by atoms with E-state index in [0.717, 1.165) is 19.1 Å². The number of benzene rings is 1. The molecule has 1 heterocycles. The lowest BCUT2D eigenvalue weighted by Crippen LogP contribution is -2.38. The Balaban J connectivity index is 1.70. The molecule has 116 valence electrons. The largest absolute Gasteiger partial charge is 0.367 e. The molecule has 3 nitrogen and oxygen atoms in total. The zero-order valence-corrected chi connectivity index (χ0v) is 13.7. The smallest absolute Gasteiger partial charge is 0.0388 e. The van der Waals surface area contributed by atoms with Crippen LogP contribution in [-0.2, 0) is 6.54 Å². The molecule has 2 fully saturated rings. The minimum atomic E-state index is 0.590. The van der Waals surface area contributed by atoms with Crippen molar-refractivity contribution in [3.05, 3.63) is 29.3 Å². The average Bonchev–Trinajstić information content (AvgIpc) is 3.26. The number of aryl methyl sites for hydroxylation is 1. The minimum Gasteiger partial charge on any atom is -0.367 e. The Morgan fingerprint density at radius 3 is 2.76 bits per heavy atom. The normalized spacial score (nSPS) is 24.1. The summed E-state index contributed by atoms with van der Waals surface area (Å²) in [6, 6.07) is 8.39. The van der Waals surface area contributed by atoms with Gasteiger partial charge in [-0.2, -0.15) is 0 Å². The number of nitrogens with zero attached hydrogens (tertiary/aromatic N) is 2. The van der Waals surface area contributed by atoms with Crippen LogP contribution in [-0.4, -0.2) is 43.7 Å². The van der Waals surface area contributed by atoms with Crippen LogP contribution >= 0.6 is 0 Å². The minimum absolute atomic E-state index is 0.590. The molecular formula is C18H29N3. The van der Waals surface area contributed by atoms with Crippen molar-refractivity contribution in [1.29, 1.82) is 0 Å². The van der Waals surface area contributed by atoms with Crippen molar-refractivity contribution in [3.63, 3.8) is 0 Å². The third-order valence-corrected chi connectivity index (χ3v) is 4.86. The fourth-order valence-corrected chi connectivity index (χ4v) is 3.35. The molecule has 21 heavy (non-hydrogen) atoms. The summed E-state index contributed by atoms with van der Waals surface area (Å²) in [4.78, 5) is 5.03. The van der Waals surface area contributed by atoms with Gasteiger partial charge in [-0.05, 0) is 70.0 Å². The van der Waals surface area contributed by atoms with Crippen LogP contribution in [0.25, 0.3) is 0 Å². The van der Waals surface area contributed by atoms with Crippen LogP contribution in [0.15, 0.2) is 18.2 Å². The first kappa shape index (κ1) is 14.9. The molecule has 1 aromatic rings. The van der Waals surface area contributed by atoms with E-state index < -0.39 is 0 Å². The summed E-state index contributed by atoms with van der Waals surface area (Å²) in [7, 11) is 2.23. The maximum atomic E-state index is 3.62. The van der Waals surface area contributed by atoms with Crippen LogP contribution in [0.5, 0.6) is 0 Å². The number of anilines is 1. The van der Waals surface area contributed by atoms with Gasteiger partial charge < -0.3 is 15.1 Å². The first-order chi connectivity index (χ1) is 10.1. The molecule has 1 aliphatic heterocycles. The number of hydrogen-bond acceptors (Lipinski definition) is 3. The zero-order chi connectivity index (χ0) is 14.8. The van der Waals surface area contributed by atoms with E-state index in [0.29, 0.717) is 6.04 Å². The van der Waals surface area contributed by atoms with Crippen LogP contribution in [0, 0.1) is 6.92 Å². The van der Waals surface area contributed by atoms with Gasteiger partial charge in [-0.15, -0.1) is 0 Å². The third-order valence-electron chi connectivity index (χ3n) is 4.86. The molecule has 0 spiro atoms. The van der Waals surface area contributed by atoms with E-state index in [2.05, 4.69) is 54.2 Å². The Morgan fingerprint density at radius 1 is 1.24 bits per heavy atom. The third kappa shape index (κ3) is 3.78. The Morgan fingerprint density at radius 2 is 2.05 bits per heavy atom. The highest BCUT2D eigenvalue weighted by atomic mass is 15.2. The zero-order valence-electron chi connectivity index (χ0n) is 13.7. The van der Waals surface area contributed by atoms with Crippen LogP contribution < -0.4 is 10.2 Å². The predicted molar refractivity (Wildman–Crippen MR) is 90.0 cm³/mol. The van der Waals surface area contributed by atoms with Crippen molar-refractivity contribution >= 4 is 5.69 Å². The maximum Gasteiger partial charge on any atom is 0.0388 e. The molecule has 3 rings (SSSR count). The van der Waals surface area contributed by atoms with Gasteiger partial charge in [-0.3, -0.25) is 0 Å². The van der Waals surface area contributed by atoms with E-state index in [-0.39, 0.29) is 0 Å². The Labute approximate surface area is 129 Å². The Hall–Kier alpha value is -1.06. The van der Waals surface area contributed by atoms with E-state index in [9.17, 15) is 0 Å². The highest BCUT2D eigenvalue weighted by Gasteiger charge is 2.22. The molecule has 1 saturated heterocycles. The van der Waals surface area contributed by atoms with Crippen molar-refractivity contribution in [1.82, 2.24) is 10.2 Å². The van der Waals surface area contributed by atoms with Gasteiger partial charge in [0.25, 0.3) is 0 Å². The van der Waals surface area contributed by atoms with Crippen LogP contribution in [0.1, 0.15) is 37.3 Å². The highest BCUT2D eigenvalue weighted by molar-refractivity contribution is 5.51. The molecule has 1 saturated carbocycles. The van der Waals surface area contributed by atoms with E-state index >= 15 is 0 Å². The van der Waals surface area contributed by atoms with E-state index in [1.165, 1.54) is 49.2 Å². The lowest BCUT2D eigenvalue weighted by atomic mass is 10.1. The lowest BCUT2D eigenvalue weighted by Gasteiger charge is -2.30. The first-order valence-electron chi connectivity index (χ1n) is 8.41. The number of hydrogen-bond donors (Lipinski definition) is 1. The summed E-state index contributed by atoms with van der Waals surface area (Å²) in [5, 5.41) is 3.62. The molecule has 1 N–H and O–H groups in total. The predicted octanol–water partition coefficient (Wildman–Crippen LogP) is 2.78. The molecular weight excluding hydrogens is 258 g/mol. The molecule has 0 aromatic heterocycles. The van der Waals surface area contributed by atoms with E-state index in [1.807, 2.05) is 0 Å². The molecule has 0 bridgehead atoms. The molecule has 1 unspecified atom stereocenters. The van der Waals surface area contributed by atoms with Crippen molar-refractivity contribution < 1.29 is 0 Å². The molecule has 3 heteroatoms. The Kier molecular flexibility index (Phi) is 4.51. The van der Waals surface area contributed by atoms with Crippen molar-refractivity contribution in [2.24, 2.45) is 0 Å². The second-order valence-corrected chi connectivity index (χ2v) is 6.92. The van der Waals surface area contributed by atoms with Gasteiger partial charge in [0, 0.05) is 37.4 Å². The monoisotopic (exact) mass is 287 g/mol. The SMILES string of the molecule is Cc1cc(N2CCCN(C)CC2C)ccc1CNC1CC1. The molecule has 1 aromatic carbocycles. The first-order valence-corrected chi connectivity index (χ1v) is 8.41. The molecule has 1 atom stereocenters. The second-order valence-electron chi connectivity index (χ2n) is 6.92. The fourth-order valence-electron chi connectivity index (χ4n) is 3.35. The fraction of sp³-hybridized carbons (Fsp3) is 0.667. The second kappa shape index (κ2) is 6.37. The van der Waals surface area contributed by atoms with Gasteiger partial charge in [0.1, 0.15) is 0 Å². The average molecular weight is 287 g/mol. The number of likely N-dealkylation sites (N-methyl/N-ethyl adjacent to an activating group) is 1. The number of nitrogens with one attached hydrogen (secondary N) is 1. The summed E-state index contributed by atoms with van der Waals surface area (Å²) in [5.74, 6) is 0. The topological polar surface area (TPSA) is 18.5 Å². The standard InChI is InChI=1S/C18H29N3/c1-14-11-18(8-5-16(14)12-19-17-6-7-17)21-10-4-9-20(3)13-15(21)2/h5,8,11,15,17,19H,4,6-7,9-10,12-13H2,1-3H3. The highest BCUT2D eigenvalue weighted by Crippen LogP contribution is 2.24. The van der Waals surface area contributed by atoms with Crippen LogP contribution in [0.2, 0.25) is 0 Å². The van der Waals surface area contributed by atoms with E-state index in [4.69, 9.17) is 0 Å². The maximum absolute atomic E-state index is 3.62. The van der Waals surface area contributed by atoms with Gasteiger partial charge in [0.2, 0.25) is 0 Å². The van der Waals surface area contributed by atoms with Gasteiger partial charge in [0.05, 0.1) is 0 Å². The van der Waals surface area contributed by atoms with Crippen LogP contribution in [0.4, 0.5) is 5.69 Å². The van der Waals surface area contributed by atoms with E-state index in [1.54, 1.807) is 0 Å². The van der Waals surface area contributed by atoms with Crippen molar-refractivity contribution in [3.8, 4) is 0 Å². The van der Waals surface area contributed by atoms with Gasteiger partial charge in [-0.25, -0.2) is 0 Å². The lowest BCUT2D eigenvalue weighted by molar-refractivity contribution is 0.337. The summed E-state index contributed by atoms with van der Waals surface area (Å²) in [6.07, 6.45) is 3.97. The summed E-state index contributed by atoms with van der Waals surface area (Å²) in [6.45, 7) is 9.16.